The van der Waals surface area contributed by atoms with Gasteiger partial charge in [0.2, 0.25) is 0 Å². The van der Waals surface area contributed by atoms with Gasteiger partial charge in [-0.3, -0.25) is 19.7 Å². The van der Waals surface area contributed by atoms with Crippen LogP contribution in [0, 0.1) is 10.1 Å². The summed E-state index contributed by atoms with van der Waals surface area (Å²) in [6.45, 7) is 1.79. The normalized spacial score (nSPS) is 11.7. The zero-order valence-corrected chi connectivity index (χ0v) is 11.6. The van der Waals surface area contributed by atoms with E-state index in [4.69, 9.17) is 4.42 Å². The van der Waals surface area contributed by atoms with E-state index in [9.17, 15) is 19.7 Å². The van der Waals surface area contributed by atoms with Crippen molar-refractivity contribution in [3.63, 3.8) is 0 Å². The molecule has 0 aliphatic rings. The predicted octanol–water partition coefficient (Wildman–Crippen LogP) is 1.68. The molecule has 0 radical (unpaired) electrons. The van der Waals surface area contributed by atoms with Gasteiger partial charge in [0.1, 0.15) is 10.7 Å². The lowest BCUT2D eigenvalue weighted by atomic mass is 10.0. The minimum atomic E-state index is -0.682. The van der Waals surface area contributed by atoms with E-state index in [1.165, 1.54) is 25.1 Å². The molecule has 1 rings (SSSR count). The van der Waals surface area contributed by atoms with Crippen molar-refractivity contribution in [2.24, 2.45) is 0 Å². The van der Waals surface area contributed by atoms with Gasteiger partial charge in [0.15, 0.2) is 11.6 Å². The summed E-state index contributed by atoms with van der Waals surface area (Å²) in [4.78, 5) is 35.1. The van der Waals surface area contributed by atoms with E-state index < -0.39 is 16.6 Å². The van der Waals surface area contributed by atoms with Crippen LogP contribution >= 0.6 is 0 Å². The Balaban J connectivity index is 2.94. The van der Waals surface area contributed by atoms with Gasteiger partial charge in [0.05, 0.1) is 11.6 Å². The predicted molar refractivity (Wildman–Crippen MR) is 72.2 cm³/mol. The number of allylic oxidation sites excluding steroid dienone is 1. The summed E-state index contributed by atoms with van der Waals surface area (Å²) in [6, 6.07) is 2.52. The SMILES string of the molecule is CC(=O)C(=Cc1ccc([N+](=O)[O-])o1)C(=O)CCN(C)C. The zero-order valence-electron chi connectivity index (χ0n) is 11.6. The maximum Gasteiger partial charge on any atom is 0.433 e. The first-order valence-electron chi connectivity index (χ1n) is 5.96. The number of carbonyl (C=O) groups is 2. The summed E-state index contributed by atoms with van der Waals surface area (Å²) in [5.74, 6) is -1.03. The molecule has 0 unspecified atom stereocenters. The lowest BCUT2D eigenvalue weighted by Gasteiger charge is -2.08. The van der Waals surface area contributed by atoms with Crippen LogP contribution in [-0.4, -0.2) is 42.0 Å². The van der Waals surface area contributed by atoms with Crippen LogP contribution in [0.2, 0.25) is 0 Å². The molecule has 0 amide bonds. The van der Waals surface area contributed by atoms with Crippen LogP contribution in [0.25, 0.3) is 6.08 Å². The molecule has 0 fully saturated rings. The molecule has 1 aromatic heterocycles. The number of carbonyl (C=O) groups excluding carboxylic acids is 2. The van der Waals surface area contributed by atoms with E-state index in [2.05, 4.69) is 0 Å². The number of rotatable bonds is 7. The molecule has 0 aromatic carbocycles. The summed E-state index contributed by atoms with van der Waals surface area (Å²) >= 11 is 0. The van der Waals surface area contributed by atoms with Crippen molar-refractivity contribution in [1.82, 2.24) is 4.90 Å². The van der Waals surface area contributed by atoms with Crippen LogP contribution in [0.3, 0.4) is 0 Å². The standard InChI is InChI=1S/C13H16N2O5/c1-9(16)11(12(17)6-7-14(2)3)8-10-4-5-13(20-10)15(18)19/h4-5,8H,6-7H2,1-3H3. The molecule has 108 valence electrons. The van der Waals surface area contributed by atoms with Gasteiger partial charge in [0, 0.05) is 13.0 Å². The highest BCUT2D eigenvalue weighted by Gasteiger charge is 2.17. The maximum absolute atomic E-state index is 11.9. The Morgan fingerprint density at radius 1 is 1.40 bits per heavy atom. The highest BCUT2D eigenvalue weighted by molar-refractivity contribution is 6.22. The summed E-state index contributed by atoms with van der Waals surface area (Å²) in [7, 11) is 3.64. The lowest BCUT2D eigenvalue weighted by Crippen LogP contribution is -2.19. The largest absolute Gasteiger partial charge is 0.433 e. The minimum absolute atomic E-state index is 0.0175. The molecule has 1 heterocycles. The number of furan rings is 1. The van der Waals surface area contributed by atoms with Crippen LogP contribution in [0.15, 0.2) is 22.1 Å². The quantitative estimate of drug-likeness (QED) is 0.248. The Morgan fingerprint density at radius 3 is 2.50 bits per heavy atom. The van der Waals surface area contributed by atoms with Gasteiger partial charge in [-0.25, -0.2) is 0 Å². The Kier molecular flexibility index (Phi) is 5.33. The van der Waals surface area contributed by atoms with Crippen molar-refractivity contribution < 1.29 is 18.9 Å². The first-order chi connectivity index (χ1) is 9.31. The molecule has 20 heavy (non-hydrogen) atoms. The molecule has 0 N–H and O–H groups in total. The van der Waals surface area contributed by atoms with Gasteiger partial charge >= 0.3 is 5.88 Å². The molecule has 0 atom stereocenters. The molecule has 0 aliphatic heterocycles. The Morgan fingerprint density at radius 2 is 2.05 bits per heavy atom. The molecule has 1 aromatic rings. The third-order valence-electron chi connectivity index (χ3n) is 2.54. The summed E-state index contributed by atoms with van der Waals surface area (Å²) in [5, 5.41) is 10.5. The minimum Gasteiger partial charge on any atom is -0.401 e. The monoisotopic (exact) mass is 280 g/mol. The third kappa shape index (κ3) is 4.43. The Labute approximate surface area is 116 Å². The molecule has 7 nitrogen and oxygen atoms in total. The van der Waals surface area contributed by atoms with Crippen LogP contribution < -0.4 is 0 Å². The van der Waals surface area contributed by atoms with Crippen molar-refractivity contribution in [3.05, 3.63) is 33.6 Å². The van der Waals surface area contributed by atoms with E-state index in [1.54, 1.807) is 0 Å². The van der Waals surface area contributed by atoms with Crippen molar-refractivity contribution in [3.8, 4) is 0 Å². The molecule has 0 aliphatic carbocycles. The lowest BCUT2D eigenvalue weighted by molar-refractivity contribution is -0.402. The number of nitrogens with zero attached hydrogens (tertiary/aromatic N) is 2. The maximum atomic E-state index is 11.9. The van der Waals surface area contributed by atoms with E-state index in [1.807, 2.05) is 19.0 Å². The molecule has 0 saturated heterocycles. The molecular formula is C13H16N2O5. The average Bonchev–Trinajstić information content (AvgIpc) is 2.81. The molecule has 0 spiro atoms. The van der Waals surface area contributed by atoms with Crippen molar-refractivity contribution in [2.45, 2.75) is 13.3 Å². The average molecular weight is 280 g/mol. The fourth-order valence-electron chi connectivity index (χ4n) is 1.50. The Hall–Kier alpha value is -2.28. The first kappa shape index (κ1) is 15.8. The van der Waals surface area contributed by atoms with Crippen molar-refractivity contribution >= 4 is 23.5 Å². The van der Waals surface area contributed by atoms with Gasteiger partial charge in [0.25, 0.3) is 0 Å². The van der Waals surface area contributed by atoms with Gasteiger partial charge in [-0.15, -0.1) is 0 Å². The van der Waals surface area contributed by atoms with E-state index in [0.717, 1.165) is 0 Å². The second-order valence-corrected chi connectivity index (χ2v) is 4.52. The van der Waals surface area contributed by atoms with Gasteiger partial charge in [-0.2, -0.15) is 0 Å². The molecule has 0 saturated carbocycles. The van der Waals surface area contributed by atoms with E-state index >= 15 is 0 Å². The van der Waals surface area contributed by atoms with E-state index in [0.29, 0.717) is 6.54 Å². The highest BCUT2D eigenvalue weighted by Crippen LogP contribution is 2.19. The van der Waals surface area contributed by atoms with Gasteiger partial charge in [-0.1, -0.05) is 0 Å². The number of hydrogen-bond acceptors (Lipinski definition) is 6. The molecular weight excluding hydrogens is 264 g/mol. The highest BCUT2D eigenvalue weighted by atomic mass is 16.6. The first-order valence-corrected chi connectivity index (χ1v) is 5.96. The molecule has 7 heteroatoms. The van der Waals surface area contributed by atoms with Crippen LogP contribution in [0.4, 0.5) is 5.88 Å². The van der Waals surface area contributed by atoms with Gasteiger partial charge in [-0.05, 0) is 33.2 Å². The third-order valence-corrected chi connectivity index (χ3v) is 2.54. The number of nitro groups is 1. The smallest absolute Gasteiger partial charge is 0.401 e. The summed E-state index contributed by atoms with van der Waals surface area (Å²) in [6.07, 6.45) is 1.44. The topological polar surface area (TPSA) is 93.7 Å². The van der Waals surface area contributed by atoms with Crippen LogP contribution in [0.5, 0.6) is 0 Å². The second kappa shape index (κ2) is 6.76. The molecule has 0 bridgehead atoms. The van der Waals surface area contributed by atoms with Crippen molar-refractivity contribution in [2.75, 3.05) is 20.6 Å². The number of Topliss-reactive ketones (excluding diaryl/α,β-unsaturated/α-hetero) is 2. The van der Waals surface area contributed by atoms with Crippen LogP contribution in [-0.2, 0) is 9.59 Å². The Bertz CT molecular complexity index is 557. The fraction of sp³-hybridized carbons (Fsp3) is 0.385. The number of ketones is 2. The summed E-state index contributed by atoms with van der Waals surface area (Å²) in [5.41, 5.74) is -0.0175. The summed E-state index contributed by atoms with van der Waals surface area (Å²) < 4.78 is 4.91. The number of hydrogen-bond donors (Lipinski definition) is 0. The van der Waals surface area contributed by atoms with Crippen molar-refractivity contribution in [1.29, 1.82) is 0 Å². The second-order valence-electron chi connectivity index (χ2n) is 4.52. The van der Waals surface area contributed by atoms with E-state index in [-0.39, 0.29) is 23.5 Å². The van der Waals surface area contributed by atoms with Crippen LogP contribution in [0.1, 0.15) is 19.1 Å². The zero-order chi connectivity index (χ0) is 15.3. The fourth-order valence-corrected chi connectivity index (χ4v) is 1.50. The van der Waals surface area contributed by atoms with Gasteiger partial charge < -0.3 is 9.32 Å².